The molecule has 0 radical (unpaired) electrons. The van der Waals surface area contributed by atoms with Crippen LogP contribution in [0.5, 0.6) is 11.5 Å². The highest BCUT2D eigenvalue weighted by atomic mass is 16.5. The minimum atomic E-state index is -0.294. The number of aryl methyl sites for hydroxylation is 1. The highest BCUT2D eigenvalue weighted by Gasteiger charge is 2.07. The molecule has 0 atom stereocenters. The maximum absolute atomic E-state index is 11.2. The molecule has 1 aromatic carbocycles. The Morgan fingerprint density at radius 2 is 2.11 bits per heavy atom. The summed E-state index contributed by atoms with van der Waals surface area (Å²) in [6.45, 7) is 1.99. The Labute approximate surface area is 102 Å². The van der Waals surface area contributed by atoms with Gasteiger partial charge >= 0.3 is 5.69 Å². The van der Waals surface area contributed by atoms with Gasteiger partial charge in [0, 0.05) is 12.3 Å². The predicted molar refractivity (Wildman–Crippen MR) is 68.0 cm³/mol. The van der Waals surface area contributed by atoms with Crippen molar-refractivity contribution in [2.45, 2.75) is 6.92 Å². The molecule has 0 saturated carbocycles. The minimum Gasteiger partial charge on any atom is -0.455 e. The van der Waals surface area contributed by atoms with E-state index in [-0.39, 0.29) is 5.69 Å². The lowest BCUT2D eigenvalue weighted by Crippen LogP contribution is -1.99. The molecule has 0 saturated heterocycles. The highest BCUT2D eigenvalue weighted by molar-refractivity contribution is 5.77. The normalized spacial score (nSPS) is 10.7. The average Bonchev–Trinajstić information content (AvgIpc) is 2.71. The first-order valence-electron chi connectivity index (χ1n) is 5.54. The van der Waals surface area contributed by atoms with Gasteiger partial charge in [-0.05, 0) is 24.6 Å². The molecule has 18 heavy (non-hydrogen) atoms. The molecule has 2 N–H and O–H groups in total. The zero-order valence-electron chi connectivity index (χ0n) is 9.73. The summed E-state index contributed by atoms with van der Waals surface area (Å²) in [6.07, 6.45) is 1.59. The van der Waals surface area contributed by atoms with Crippen LogP contribution in [0, 0.1) is 6.92 Å². The van der Waals surface area contributed by atoms with Gasteiger partial charge in [0.1, 0.15) is 11.3 Å². The van der Waals surface area contributed by atoms with E-state index in [0.717, 1.165) is 11.3 Å². The summed E-state index contributed by atoms with van der Waals surface area (Å²) in [7, 11) is 0. The zero-order valence-corrected chi connectivity index (χ0v) is 9.73. The number of pyridine rings is 1. The SMILES string of the molecule is Cc1cccc(Oc2ccnc3[nH]c(=O)[nH]c23)c1. The molecule has 2 aromatic heterocycles. The van der Waals surface area contributed by atoms with Gasteiger partial charge in [-0.1, -0.05) is 12.1 Å². The molecular formula is C13H11N3O2. The van der Waals surface area contributed by atoms with Gasteiger partial charge in [-0.15, -0.1) is 0 Å². The molecule has 5 nitrogen and oxygen atoms in total. The van der Waals surface area contributed by atoms with E-state index in [9.17, 15) is 4.79 Å². The Hall–Kier alpha value is -2.56. The van der Waals surface area contributed by atoms with Crippen LogP contribution >= 0.6 is 0 Å². The topological polar surface area (TPSA) is 70.8 Å². The third-order valence-corrected chi connectivity index (χ3v) is 2.60. The molecule has 5 heteroatoms. The Morgan fingerprint density at radius 3 is 2.94 bits per heavy atom. The zero-order chi connectivity index (χ0) is 12.5. The minimum absolute atomic E-state index is 0.294. The Balaban J connectivity index is 2.07. The fraction of sp³-hybridized carbons (Fsp3) is 0.0769. The number of hydrogen-bond donors (Lipinski definition) is 2. The van der Waals surface area contributed by atoms with Crippen LogP contribution in [0.2, 0.25) is 0 Å². The van der Waals surface area contributed by atoms with Gasteiger partial charge in [-0.25, -0.2) is 9.78 Å². The molecule has 2 heterocycles. The number of imidazole rings is 1. The lowest BCUT2D eigenvalue weighted by molar-refractivity contribution is 0.486. The van der Waals surface area contributed by atoms with Crippen LogP contribution < -0.4 is 10.4 Å². The van der Waals surface area contributed by atoms with E-state index >= 15 is 0 Å². The van der Waals surface area contributed by atoms with E-state index in [0.29, 0.717) is 16.9 Å². The average molecular weight is 241 g/mol. The number of aromatic nitrogens is 3. The molecular weight excluding hydrogens is 230 g/mol. The molecule has 0 aliphatic heterocycles. The molecule has 0 fully saturated rings. The maximum atomic E-state index is 11.2. The smallest absolute Gasteiger partial charge is 0.325 e. The first-order valence-corrected chi connectivity index (χ1v) is 5.54. The van der Waals surface area contributed by atoms with Crippen LogP contribution in [0.25, 0.3) is 11.2 Å². The Morgan fingerprint density at radius 1 is 1.22 bits per heavy atom. The summed E-state index contributed by atoms with van der Waals surface area (Å²) in [6, 6.07) is 9.42. The van der Waals surface area contributed by atoms with Crippen molar-refractivity contribution in [1.29, 1.82) is 0 Å². The number of aromatic amines is 2. The van der Waals surface area contributed by atoms with Gasteiger partial charge in [-0.2, -0.15) is 0 Å². The summed E-state index contributed by atoms with van der Waals surface area (Å²) >= 11 is 0. The van der Waals surface area contributed by atoms with Gasteiger partial charge in [0.25, 0.3) is 0 Å². The van der Waals surface area contributed by atoms with Gasteiger partial charge in [0.15, 0.2) is 11.4 Å². The second-order valence-electron chi connectivity index (χ2n) is 4.03. The fourth-order valence-corrected chi connectivity index (χ4v) is 1.80. The van der Waals surface area contributed by atoms with Gasteiger partial charge in [-0.3, -0.25) is 4.98 Å². The van der Waals surface area contributed by atoms with E-state index in [4.69, 9.17) is 4.74 Å². The van der Waals surface area contributed by atoms with Crippen LogP contribution in [0.4, 0.5) is 0 Å². The van der Waals surface area contributed by atoms with Gasteiger partial charge in [0.2, 0.25) is 0 Å². The third-order valence-electron chi connectivity index (χ3n) is 2.60. The molecule has 0 unspecified atom stereocenters. The van der Waals surface area contributed by atoms with Crippen molar-refractivity contribution in [3.8, 4) is 11.5 Å². The molecule has 0 aliphatic rings. The first-order chi connectivity index (χ1) is 8.72. The van der Waals surface area contributed by atoms with Crippen LogP contribution in [0.1, 0.15) is 5.56 Å². The molecule has 3 aromatic rings. The lowest BCUT2D eigenvalue weighted by Gasteiger charge is -2.06. The molecule has 3 rings (SSSR count). The number of nitrogens with zero attached hydrogens (tertiary/aromatic N) is 1. The van der Waals surface area contributed by atoms with Crippen molar-refractivity contribution < 1.29 is 4.74 Å². The third kappa shape index (κ3) is 1.86. The van der Waals surface area contributed by atoms with E-state index in [1.54, 1.807) is 12.3 Å². The van der Waals surface area contributed by atoms with Crippen molar-refractivity contribution in [2.75, 3.05) is 0 Å². The van der Waals surface area contributed by atoms with E-state index in [1.165, 1.54) is 0 Å². The predicted octanol–water partition coefficient (Wildman–Crippen LogP) is 2.35. The van der Waals surface area contributed by atoms with E-state index in [1.807, 2.05) is 31.2 Å². The largest absolute Gasteiger partial charge is 0.455 e. The number of H-pyrrole nitrogens is 2. The van der Waals surface area contributed by atoms with Crippen molar-refractivity contribution in [2.24, 2.45) is 0 Å². The Kier molecular flexibility index (Phi) is 2.37. The summed E-state index contributed by atoms with van der Waals surface area (Å²) in [5, 5.41) is 0. The molecule has 0 spiro atoms. The number of hydrogen-bond acceptors (Lipinski definition) is 3. The second kappa shape index (κ2) is 4.03. The Bertz CT molecular complexity index is 758. The highest BCUT2D eigenvalue weighted by Crippen LogP contribution is 2.26. The van der Waals surface area contributed by atoms with E-state index < -0.39 is 0 Å². The summed E-state index contributed by atoms with van der Waals surface area (Å²) in [5.41, 5.74) is 1.88. The van der Waals surface area contributed by atoms with Crippen molar-refractivity contribution in [1.82, 2.24) is 15.0 Å². The van der Waals surface area contributed by atoms with Crippen molar-refractivity contribution in [3.63, 3.8) is 0 Å². The number of fused-ring (bicyclic) bond motifs is 1. The van der Waals surface area contributed by atoms with Crippen molar-refractivity contribution >= 4 is 11.2 Å². The van der Waals surface area contributed by atoms with Crippen molar-refractivity contribution in [3.05, 3.63) is 52.6 Å². The van der Waals surface area contributed by atoms with Gasteiger partial charge in [0.05, 0.1) is 0 Å². The molecule has 90 valence electrons. The first kappa shape index (κ1) is 10.6. The number of nitrogens with one attached hydrogen (secondary N) is 2. The van der Waals surface area contributed by atoms with Crippen LogP contribution in [-0.4, -0.2) is 15.0 Å². The van der Waals surface area contributed by atoms with E-state index in [2.05, 4.69) is 15.0 Å². The fourth-order valence-electron chi connectivity index (χ4n) is 1.80. The number of rotatable bonds is 2. The summed E-state index contributed by atoms with van der Waals surface area (Å²) < 4.78 is 5.76. The van der Waals surface area contributed by atoms with Crippen LogP contribution in [0.15, 0.2) is 41.3 Å². The standard InChI is InChI=1S/C13H11N3O2/c1-8-3-2-4-9(7-8)18-10-5-6-14-12-11(10)15-13(17)16-12/h2-7H,1H3,(H2,14,15,16,17). The quantitative estimate of drug-likeness (QED) is 0.723. The summed E-state index contributed by atoms with van der Waals surface area (Å²) in [4.78, 5) is 20.6. The molecule has 0 bridgehead atoms. The maximum Gasteiger partial charge on any atom is 0.325 e. The monoisotopic (exact) mass is 241 g/mol. The summed E-state index contributed by atoms with van der Waals surface area (Å²) in [5.74, 6) is 1.30. The van der Waals surface area contributed by atoms with Crippen LogP contribution in [0.3, 0.4) is 0 Å². The lowest BCUT2D eigenvalue weighted by atomic mass is 10.2. The van der Waals surface area contributed by atoms with Gasteiger partial charge < -0.3 is 9.72 Å². The van der Waals surface area contributed by atoms with Crippen LogP contribution in [-0.2, 0) is 0 Å². The number of ether oxygens (including phenoxy) is 1. The number of benzene rings is 1. The molecule has 0 aliphatic carbocycles. The molecule has 0 amide bonds. The second-order valence-corrected chi connectivity index (χ2v) is 4.03.